The molecule has 0 aromatic heterocycles. The van der Waals surface area contributed by atoms with Gasteiger partial charge in [0, 0.05) is 11.5 Å². The maximum atomic E-state index is 11.8. The van der Waals surface area contributed by atoms with E-state index in [1.165, 1.54) is 0 Å². The lowest BCUT2D eigenvalue weighted by atomic mass is 9.92. The molecule has 3 rings (SSSR count). The van der Waals surface area contributed by atoms with Crippen LogP contribution >= 0.6 is 0 Å². The van der Waals surface area contributed by atoms with Crippen molar-refractivity contribution in [2.75, 3.05) is 5.75 Å². The zero-order valence-corrected chi connectivity index (χ0v) is 10.4. The van der Waals surface area contributed by atoms with Crippen LogP contribution in [0.4, 0.5) is 0 Å². The lowest BCUT2D eigenvalue weighted by Gasteiger charge is -2.25. The molecule has 92 valence electrons. The second-order valence-electron chi connectivity index (χ2n) is 4.31. The van der Waals surface area contributed by atoms with Crippen LogP contribution in [0, 0.1) is 0 Å². The van der Waals surface area contributed by atoms with Gasteiger partial charge >= 0.3 is 10.1 Å². The van der Waals surface area contributed by atoms with Crippen LogP contribution in [0.15, 0.2) is 54.6 Å². The van der Waals surface area contributed by atoms with Gasteiger partial charge in [-0.1, -0.05) is 48.5 Å². The number of para-hydroxylation sites is 1. The van der Waals surface area contributed by atoms with Crippen LogP contribution in [0.3, 0.4) is 0 Å². The molecular formula is C14H12O3S. The summed E-state index contributed by atoms with van der Waals surface area (Å²) in [4.78, 5) is 0. The highest BCUT2D eigenvalue weighted by Crippen LogP contribution is 2.37. The van der Waals surface area contributed by atoms with Gasteiger partial charge < -0.3 is 4.18 Å². The average Bonchev–Trinajstić information content (AvgIpc) is 2.38. The molecule has 1 atom stereocenters. The molecular weight excluding hydrogens is 248 g/mol. The summed E-state index contributed by atoms with van der Waals surface area (Å²) in [5.41, 5.74) is 1.93. The van der Waals surface area contributed by atoms with Crippen LogP contribution in [0.25, 0.3) is 0 Å². The first-order chi connectivity index (χ1) is 8.66. The van der Waals surface area contributed by atoms with E-state index in [4.69, 9.17) is 4.18 Å². The van der Waals surface area contributed by atoms with Gasteiger partial charge in [-0.05, 0) is 11.6 Å². The molecule has 0 N–H and O–H groups in total. The van der Waals surface area contributed by atoms with Crippen LogP contribution in [0.5, 0.6) is 5.75 Å². The van der Waals surface area contributed by atoms with Crippen molar-refractivity contribution in [1.29, 1.82) is 0 Å². The first-order valence-electron chi connectivity index (χ1n) is 5.72. The molecule has 2 aromatic carbocycles. The molecule has 0 radical (unpaired) electrons. The minimum Gasteiger partial charge on any atom is -0.382 e. The van der Waals surface area contributed by atoms with Gasteiger partial charge in [-0.15, -0.1) is 0 Å². The topological polar surface area (TPSA) is 43.4 Å². The van der Waals surface area contributed by atoms with E-state index in [2.05, 4.69) is 0 Å². The van der Waals surface area contributed by atoms with E-state index in [0.29, 0.717) is 5.75 Å². The molecule has 0 saturated carbocycles. The molecule has 3 nitrogen and oxygen atoms in total. The summed E-state index contributed by atoms with van der Waals surface area (Å²) in [6, 6.07) is 16.9. The van der Waals surface area contributed by atoms with Crippen LogP contribution in [-0.2, 0) is 10.1 Å². The van der Waals surface area contributed by atoms with Crippen LogP contribution in [0.1, 0.15) is 17.0 Å². The van der Waals surface area contributed by atoms with Crippen molar-refractivity contribution in [1.82, 2.24) is 0 Å². The number of hydrogen-bond donors (Lipinski definition) is 0. The Labute approximate surface area is 106 Å². The zero-order chi connectivity index (χ0) is 12.6. The summed E-state index contributed by atoms with van der Waals surface area (Å²) in [5, 5.41) is 0. The first kappa shape index (κ1) is 11.3. The zero-order valence-electron chi connectivity index (χ0n) is 9.61. The van der Waals surface area contributed by atoms with Crippen molar-refractivity contribution in [2.45, 2.75) is 5.92 Å². The third-order valence-electron chi connectivity index (χ3n) is 3.08. The summed E-state index contributed by atoms with van der Waals surface area (Å²) < 4.78 is 28.6. The van der Waals surface area contributed by atoms with E-state index in [1.54, 1.807) is 12.1 Å². The van der Waals surface area contributed by atoms with Gasteiger partial charge in [-0.3, -0.25) is 0 Å². The minimum atomic E-state index is -3.49. The third-order valence-corrected chi connectivity index (χ3v) is 4.26. The summed E-state index contributed by atoms with van der Waals surface area (Å²) >= 11 is 0. The SMILES string of the molecule is O=S1(=O)C[C@@H](c2ccccc2)c2ccccc2O1. The maximum absolute atomic E-state index is 11.8. The first-order valence-corrected chi connectivity index (χ1v) is 7.29. The smallest absolute Gasteiger partial charge is 0.310 e. The Morgan fingerprint density at radius 1 is 0.944 bits per heavy atom. The Bertz CT molecular complexity index is 662. The molecule has 0 fully saturated rings. The molecule has 4 heteroatoms. The van der Waals surface area contributed by atoms with Crippen molar-refractivity contribution in [2.24, 2.45) is 0 Å². The standard InChI is InChI=1S/C14H12O3S/c15-18(16)10-13(11-6-2-1-3-7-11)12-8-4-5-9-14(12)17-18/h1-9,13H,10H2/t13-/m0/s1. The van der Waals surface area contributed by atoms with Crippen molar-refractivity contribution in [3.05, 3.63) is 65.7 Å². The van der Waals surface area contributed by atoms with Crippen LogP contribution in [-0.4, -0.2) is 14.2 Å². The highest BCUT2D eigenvalue weighted by Gasteiger charge is 2.31. The predicted octanol–water partition coefficient (Wildman–Crippen LogP) is 2.54. The highest BCUT2D eigenvalue weighted by atomic mass is 32.2. The Kier molecular flexibility index (Phi) is 2.59. The summed E-state index contributed by atoms with van der Waals surface area (Å²) in [6.07, 6.45) is 0. The number of benzene rings is 2. The van der Waals surface area contributed by atoms with Crippen molar-refractivity contribution in [3.8, 4) is 5.75 Å². The van der Waals surface area contributed by atoms with Gasteiger partial charge in [-0.25, -0.2) is 0 Å². The van der Waals surface area contributed by atoms with Gasteiger partial charge in [-0.2, -0.15) is 8.42 Å². The molecule has 18 heavy (non-hydrogen) atoms. The van der Waals surface area contributed by atoms with Crippen molar-refractivity contribution < 1.29 is 12.6 Å². The van der Waals surface area contributed by atoms with E-state index in [0.717, 1.165) is 11.1 Å². The molecule has 2 aromatic rings. The summed E-state index contributed by atoms with van der Waals surface area (Å²) in [5.74, 6) is 0.285. The number of rotatable bonds is 1. The lowest BCUT2D eigenvalue weighted by Crippen LogP contribution is -2.26. The Hall–Kier alpha value is -1.81. The molecule has 1 aliphatic rings. The van der Waals surface area contributed by atoms with E-state index >= 15 is 0 Å². The number of hydrogen-bond acceptors (Lipinski definition) is 3. The molecule has 0 amide bonds. The Morgan fingerprint density at radius 3 is 2.39 bits per heavy atom. The van der Waals surface area contributed by atoms with Gasteiger partial charge in [0.2, 0.25) is 0 Å². The normalized spacial score (nSPS) is 20.8. The van der Waals surface area contributed by atoms with Crippen molar-refractivity contribution >= 4 is 10.1 Å². The fraction of sp³-hybridized carbons (Fsp3) is 0.143. The minimum absolute atomic E-state index is 0.00593. The fourth-order valence-electron chi connectivity index (χ4n) is 2.27. The molecule has 0 spiro atoms. The predicted molar refractivity (Wildman–Crippen MR) is 69.1 cm³/mol. The molecule has 0 unspecified atom stereocenters. The second-order valence-corrected chi connectivity index (χ2v) is 5.92. The highest BCUT2D eigenvalue weighted by molar-refractivity contribution is 7.87. The average molecular weight is 260 g/mol. The Balaban J connectivity index is 2.16. The molecule has 0 saturated heterocycles. The van der Waals surface area contributed by atoms with Crippen LogP contribution in [0.2, 0.25) is 0 Å². The van der Waals surface area contributed by atoms with E-state index in [-0.39, 0.29) is 11.7 Å². The molecule has 0 aliphatic carbocycles. The van der Waals surface area contributed by atoms with Gasteiger partial charge in [0.1, 0.15) is 5.75 Å². The van der Waals surface area contributed by atoms with Crippen LogP contribution < -0.4 is 4.18 Å². The summed E-state index contributed by atoms with van der Waals surface area (Å²) in [6.45, 7) is 0. The van der Waals surface area contributed by atoms with Gasteiger partial charge in [0.25, 0.3) is 0 Å². The van der Waals surface area contributed by atoms with E-state index in [9.17, 15) is 8.42 Å². The largest absolute Gasteiger partial charge is 0.382 e. The van der Waals surface area contributed by atoms with Crippen molar-refractivity contribution in [3.63, 3.8) is 0 Å². The van der Waals surface area contributed by atoms with Gasteiger partial charge in [0.05, 0.1) is 5.75 Å². The quantitative estimate of drug-likeness (QED) is 0.740. The van der Waals surface area contributed by atoms with Gasteiger partial charge in [0.15, 0.2) is 0 Å². The monoisotopic (exact) mass is 260 g/mol. The number of fused-ring (bicyclic) bond motifs is 1. The van der Waals surface area contributed by atoms with E-state index in [1.807, 2.05) is 42.5 Å². The molecule has 1 heterocycles. The fourth-order valence-corrected chi connectivity index (χ4v) is 3.54. The van der Waals surface area contributed by atoms with E-state index < -0.39 is 10.1 Å². The third kappa shape index (κ3) is 1.99. The lowest BCUT2D eigenvalue weighted by molar-refractivity contribution is 0.466. The Morgan fingerprint density at radius 2 is 1.61 bits per heavy atom. The second kappa shape index (κ2) is 4.14. The summed E-state index contributed by atoms with van der Waals surface area (Å²) in [7, 11) is -3.49. The molecule has 1 aliphatic heterocycles. The maximum Gasteiger partial charge on any atom is 0.310 e. The molecule has 0 bridgehead atoms.